The predicted octanol–water partition coefficient (Wildman–Crippen LogP) is 6.64. The summed E-state index contributed by atoms with van der Waals surface area (Å²) in [5.74, 6) is 1.83. The van der Waals surface area contributed by atoms with Gasteiger partial charge in [0.1, 0.15) is 6.17 Å². The highest BCUT2D eigenvalue weighted by atomic mass is 19.1. The highest BCUT2D eigenvalue weighted by Crippen LogP contribution is 2.65. The van der Waals surface area contributed by atoms with Crippen molar-refractivity contribution in [1.82, 2.24) is 0 Å². The summed E-state index contributed by atoms with van der Waals surface area (Å²) in [7, 11) is 0. The van der Waals surface area contributed by atoms with Crippen molar-refractivity contribution in [2.45, 2.75) is 110 Å². The van der Waals surface area contributed by atoms with Gasteiger partial charge in [0.25, 0.3) is 0 Å². The second kappa shape index (κ2) is 7.46. The van der Waals surface area contributed by atoms with Gasteiger partial charge in [-0.3, -0.25) is 4.79 Å². The topological polar surface area (TPSA) is 17.1 Å². The molecule has 0 bridgehead atoms. The van der Waals surface area contributed by atoms with Crippen molar-refractivity contribution in [3.8, 4) is 0 Å². The van der Waals surface area contributed by atoms with Crippen LogP contribution in [0, 0.1) is 22.7 Å². The van der Waals surface area contributed by atoms with Crippen molar-refractivity contribution in [3.63, 3.8) is 0 Å². The molecule has 2 spiro atoms. The average Bonchev–Trinajstić information content (AvgIpc) is 2.63. The van der Waals surface area contributed by atoms with Crippen LogP contribution in [0.3, 0.4) is 0 Å². The number of Topliss-reactive ketones (excluding diaryl/α,β-unsaturated/α-hetero) is 1. The van der Waals surface area contributed by atoms with Gasteiger partial charge in [0.15, 0.2) is 5.78 Å². The molecule has 0 saturated heterocycles. The fourth-order valence-corrected chi connectivity index (χ4v) is 6.19. The quantitative estimate of drug-likeness (QED) is 0.497. The van der Waals surface area contributed by atoms with Gasteiger partial charge >= 0.3 is 0 Å². The smallest absolute Gasteiger partial charge is 0.151 e. The van der Waals surface area contributed by atoms with E-state index in [2.05, 4.69) is 13.8 Å². The molecule has 0 heterocycles. The van der Waals surface area contributed by atoms with Gasteiger partial charge in [-0.2, -0.15) is 0 Å². The van der Waals surface area contributed by atoms with Gasteiger partial charge in [-0.1, -0.05) is 52.4 Å². The Hall–Kier alpha value is -0.400. The van der Waals surface area contributed by atoms with Gasteiger partial charge in [0, 0.05) is 0 Å². The monoisotopic (exact) mass is 336 g/mol. The lowest BCUT2D eigenvalue weighted by Gasteiger charge is -2.61. The van der Waals surface area contributed by atoms with Crippen molar-refractivity contribution in [1.29, 1.82) is 0 Å². The minimum atomic E-state index is -0.836. The van der Waals surface area contributed by atoms with Gasteiger partial charge < -0.3 is 0 Å². The number of rotatable bonds is 6. The Balaban J connectivity index is 1.54. The van der Waals surface area contributed by atoms with E-state index < -0.39 is 17.0 Å². The summed E-state index contributed by atoms with van der Waals surface area (Å²) in [6.07, 6.45) is 14.5. The Kier molecular flexibility index (Phi) is 5.72. The molecular formula is C22H37FO. The lowest BCUT2D eigenvalue weighted by atomic mass is 9.41. The van der Waals surface area contributed by atoms with E-state index in [1.807, 2.05) is 0 Å². The number of halogens is 1. The summed E-state index contributed by atoms with van der Waals surface area (Å²) >= 11 is 0. The van der Waals surface area contributed by atoms with Crippen LogP contribution in [0.5, 0.6) is 0 Å². The number of hydrogen-bond donors (Lipinski definition) is 0. The van der Waals surface area contributed by atoms with Crippen LogP contribution in [0.4, 0.5) is 4.39 Å². The number of alkyl halides is 1. The highest BCUT2D eigenvalue weighted by Gasteiger charge is 2.71. The molecular weight excluding hydrogens is 299 g/mol. The SMILES string of the molecule is CCCCCC1CC[C@]2(CC1)C(=O)[C@@]1(CCC(CCC)CC1)[C@@H]2F. The number of carbonyl (C=O) groups is 1. The third kappa shape index (κ3) is 2.97. The van der Waals surface area contributed by atoms with E-state index in [1.165, 1.54) is 38.5 Å². The molecule has 3 aliphatic carbocycles. The second-order valence-electron chi connectivity index (χ2n) is 9.18. The molecule has 3 saturated carbocycles. The first-order valence-electron chi connectivity index (χ1n) is 10.8. The van der Waals surface area contributed by atoms with E-state index in [9.17, 15) is 4.79 Å². The summed E-state index contributed by atoms with van der Waals surface area (Å²) in [5, 5.41) is 0. The van der Waals surface area contributed by atoms with Crippen molar-refractivity contribution in [2.75, 3.05) is 0 Å². The third-order valence-electron chi connectivity index (χ3n) is 7.78. The van der Waals surface area contributed by atoms with Crippen molar-refractivity contribution in [3.05, 3.63) is 0 Å². The molecule has 3 fully saturated rings. The molecule has 1 nitrogen and oxygen atoms in total. The molecule has 3 aliphatic rings. The molecule has 1 atom stereocenters. The van der Waals surface area contributed by atoms with Crippen LogP contribution < -0.4 is 0 Å². The molecule has 0 aliphatic heterocycles. The van der Waals surface area contributed by atoms with Crippen LogP contribution in [0.25, 0.3) is 0 Å². The Morgan fingerprint density at radius 2 is 1.33 bits per heavy atom. The molecule has 138 valence electrons. The van der Waals surface area contributed by atoms with Gasteiger partial charge in [0.05, 0.1) is 10.8 Å². The number of carbonyl (C=O) groups excluding carboxylic acids is 1. The zero-order valence-corrected chi connectivity index (χ0v) is 15.9. The van der Waals surface area contributed by atoms with E-state index in [4.69, 9.17) is 0 Å². The van der Waals surface area contributed by atoms with Gasteiger partial charge in [-0.15, -0.1) is 0 Å². The van der Waals surface area contributed by atoms with Crippen LogP contribution in [-0.2, 0) is 4.79 Å². The van der Waals surface area contributed by atoms with Gasteiger partial charge in [0.2, 0.25) is 0 Å². The van der Waals surface area contributed by atoms with Gasteiger partial charge in [-0.05, 0) is 63.2 Å². The van der Waals surface area contributed by atoms with Crippen LogP contribution in [0.2, 0.25) is 0 Å². The molecule has 0 radical (unpaired) electrons. The normalized spacial score (nSPS) is 42.5. The standard InChI is InChI=1S/C22H37FO/c1-3-5-6-8-18-11-15-22(16-12-18)19(23)21(20(22)24)13-9-17(7-4-2)10-14-21/h17-19H,3-16H2,1-2H3/t17?,18?,19-,21-,22-/m0/s1. The van der Waals surface area contributed by atoms with E-state index >= 15 is 4.39 Å². The number of unbranched alkanes of at least 4 members (excludes halogenated alkanes) is 2. The van der Waals surface area contributed by atoms with E-state index in [0.717, 1.165) is 63.2 Å². The molecule has 0 amide bonds. The fourth-order valence-electron chi connectivity index (χ4n) is 6.19. The summed E-state index contributed by atoms with van der Waals surface area (Å²) in [4.78, 5) is 13.1. The number of ketones is 1. The maximum absolute atomic E-state index is 15.4. The first-order chi connectivity index (χ1) is 11.6. The molecule has 0 aromatic heterocycles. The van der Waals surface area contributed by atoms with Gasteiger partial charge in [-0.25, -0.2) is 4.39 Å². The summed E-state index contributed by atoms with van der Waals surface area (Å²) in [6, 6.07) is 0. The Bertz CT molecular complexity index is 427. The van der Waals surface area contributed by atoms with E-state index in [0.29, 0.717) is 5.78 Å². The molecule has 0 N–H and O–H groups in total. The lowest BCUT2D eigenvalue weighted by Crippen LogP contribution is -2.69. The summed E-state index contributed by atoms with van der Waals surface area (Å²) < 4.78 is 15.4. The number of hydrogen-bond acceptors (Lipinski definition) is 1. The van der Waals surface area contributed by atoms with Crippen LogP contribution in [0.15, 0.2) is 0 Å². The summed E-state index contributed by atoms with van der Waals surface area (Å²) in [6.45, 7) is 4.47. The Labute approximate surface area is 148 Å². The fraction of sp³-hybridized carbons (Fsp3) is 0.955. The average molecular weight is 337 g/mol. The zero-order valence-electron chi connectivity index (χ0n) is 15.9. The maximum Gasteiger partial charge on any atom is 0.151 e. The third-order valence-corrected chi connectivity index (χ3v) is 7.78. The lowest BCUT2D eigenvalue weighted by molar-refractivity contribution is -0.193. The molecule has 2 heteroatoms. The van der Waals surface area contributed by atoms with Crippen LogP contribution in [0.1, 0.15) is 104 Å². The largest absolute Gasteiger partial charge is 0.298 e. The second-order valence-corrected chi connectivity index (χ2v) is 9.18. The molecule has 3 rings (SSSR count). The molecule has 0 aromatic carbocycles. The van der Waals surface area contributed by atoms with Crippen LogP contribution in [-0.4, -0.2) is 12.0 Å². The zero-order chi connectivity index (χ0) is 17.2. The van der Waals surface area contributed by atoms with Crippen molar-refractivity contribution in [2.24, 2.45) is 22.7 Å². The Morgan fingerprint density at radius 3 is 1.75 bits per heavy atom. The maximum atomic E-state index is 15.4. The molecule has 24 heavy (non-hydrogen) atoms. The first kappa shape index (κ1) is 18.4. The minimum Gasteiger partial charge on any atom is -0.298 e. The molecule has 0 aromatic rings. The highest BCUT2D eigenvalue weighted by molar-refractivity contribution is 5.98. The Morgan fingerprint density at radius 1 is 0.833 bits per heavy atom. The summed E-state index contributed by atoms with van der Waals surface area (Å²) in [5.41, 5.74) is -1.11. The van der Waals surface area contributed by atoms with E-state index in [-0.39, 0.29) is 0 Å². The molecule has 0 unspecified atom stereocenters. The van der Waals surface area contributed by atoms with Crippen LogP contribution >= 0.6 is 0 Å². The van der Waals surface area contributed by atoms with Crippen molar-refractivity contribution < 1.29 is 9.18 Å². The predicted molar refractivity (Wildman–Crippen MR) is 97.7 cm³/mol. The minimum absolute atomic E-state index is 0.337. The first-order valence-corrected chi connectivity index (χ1v) is 10.8. The van der Waals surface area contributed by atoms with E-state index in [1.54, 1.807) is 0 Å². The van der Waals surface area contributed by atoms with Crippen molar-refractivity contribution >= 4 is 5.78 Å².